The highest BCUT2D eigenvalue weighted by Crippen LogP contribution is 2.22. The number of rotatable bonds is 2. The molecule has 1 saturated carbocycles. The van der Waals surface area contributed by atoms with Crippen LogP contribution in [-0.2, 0) is 9.59 Å². The second-order valence-electron chi connectivity index (χ2n) is 6.02. The number of hydrogen-bond donors (Lipinski definition) is 2. The highest BCUT2D eigenvalue weighted by atomic mass is 16.2. The van der Waals surface area contributed by atoms with E-state index < -0.39 is 0 Å². The molecule has 3 rings (SSSR count). The maximum absolute atomic E-state index is 12.1. The van der Waals surface area contributed by atoms with Gasteiger partial charge in [0.25, 0.3) is 0 Å². The van der Waals surface area contributed by atoms with E-state index in [9.17, 15) is 9.59 Å². The number of hydrogen-bond acceptors (Lipinski definition) is 3. The summed E-state index contributed by atoms with van der Waals surface area (Å²) < 4.78 is 0. The molecule has 0 aromatic heterocycles. The van der Waals surface area contributed by atoms with Crippen molar-refractivity contribution in [2.75, 3.05) is 13.1 Å². The van der Waals surface area contributed by atoms with Gasteiger partial charge in [-0.2, -0.15) is 0 Å². The zero-order valence-corrected chi connectivity index (χ0v) is 11.4. The van der Waals surface area contributed by atoms with Crippen LogP contribution in [0.3, 0.4) is 0 Å². The van der Waals surface area contributed by atoms with E-state index in [4.69, 9.17) is 0 Å². The van der Waals surface area contributed by atoms with Crippen LogP contribution >= 0.6 is 0 Å². The van der Waals surface area contributed by atoms with Crippen molar-refractivity contribution in [2.24, 2.45) is 0 Å². The van der Waals surface area contributed by atoms with Crippen molar-refractivity contribution in [1.29, 1.82) is 0 Å². The Hall–Kier alpha value is -1.10. The Kier molecular flexibility index (Phi) is 3.73. The quantitative estimate of drug-likeness (QED) is 0.759. The van der Waals surface area contributed by atoms with Crippen molar-refractivity contribution in [2.45, 2.75) is 63.1 Å². The van der Waals surface area contributed by atoms with E-state index in [1.807, 2.05) is 4.90 Å². The van der Waals surface area contributed by atoms with Crippen LogP contribution in [0.5, 0.6) is 0 Å². The summed E-state index contributed by atoms with van der Waals surface area (Å²) in [6, 6.07) is 0.315. The van der Waals surface area contributed by atoms with Crippen LogP contribution in [0, 0.1) is 0 Å². The Balaban J connectivity index is 1.58. The van der Waals surface area contributed by atoms with E-state index in [1.165, 1.54) is 12.8 Å². The maximum Gasteiger partial charge on any atom is 0.237 e. The van der Waals surface area contributed by atoms with Crippen molar-refractivity contribution >= 4 is 11.8 Å². The van der Waals surface area contributed by atoms with Crippen LogP contribution in [0.2, 0.25) is 0 Å². The molecule has 0 aromatic rings. The first-order valence-electron chi connectivity index (χ1n) is 7.58. The van der Waals surface area contributed by atoms with Gasteiger partial charge in [-0.15, -0.1) is 0 Å². The highest BCUT2D eigenvalue weighted by molar-refractivity contribution is 5.89. The second kappa shape index (κ2) is 5.49. The minimum atomic E-state index is -0.326. The average molecular weight is 265 g/mol. The molecule has 0 aromatic carbocycles. The molecule has 19 heavy (non-hydrogen) atoms. The molecule has 106 valence electrons. The van der Waals surface area contributed by atoms with Crippen molar-refractivity contribution in [3.05, 3.63) is 0 Å². The summed E-state index contributed by atoms with van der Waals surface area (Å²) in [6.07, 6.45) is 7.10. The Morgan fingerprint density at radius 2 is 1.79 bits per heavy atom. The Bertz CT molecular complexity index is 366. The summed E-state index contributed by atoms with van der Waals surface area (Å²) in [4.78, 5) is 26.1. The summed E-state index contributed by atoms with van der Waals surface area (Å²) in [5, 5.41) is 6.49. The van der Waals surface area contributed by atoms with Gasteiger partial charge >= 0.3 is 0 Å². The third kappa shape index (κ3) is 2.76. The van der Waals surface area contributed by atoms with E-state index in [-0.39, 0.29) is 23.9 Å². The number of nitrogens with zero attached hydrogens (tertiary/aromatic N) is 1. The molecule has 0 spiro atoms. The van der Waals surface area contributed by atoms with E-state index >= 15 is 0 Å². The maximum atomic E-state index is 12.1. The standard InChI is InChI=1S/C14H23N3O2/c18-13(17-7-3-4-8-17)9-12-14(19)16-11-6-2-1-5-10(11)15-12/h10-12,15H,1-9H2,(H,16,19)/t10-,11+,12-/m0/s1. The van der Waals surface area contributed by atoms with Crippen LogP contribution in [0.15, 0.2) is 0 Å². The molecule has 2 amide bonds. The molecule has 3 fully saturated rings. The predicted molar refractivity (Wildman–Crippen MR) is 71.5 cm³/mol. The van der Waals surface area contributed by atoms with Crippen LogP contribution in [0.1, 0.15) is 44.9 Å². The molecular weight excluding hydrogens is 242 g/mol. The summed E-state index contributed by atoms with van der Waals surface area (Å²) in [5.74, 6) is 0.134. The van der Waals surface area contributed by atoms with E-state index in [0.29, 0.717) is 12.5 Å². The first-order chi connectivity index (χ1) is 9.24. The largest absolute Gasteiger partial charge is 0.350 e. The zero-order chi connectivity index (χ0) is 13.2. The van der Waals surface area contributed by atoms with Gasteiger partial charge in [0.1, 0.15) is 0 Å². The molecule has 2 N–H and O–H groups in total. The molecule has 0 radical (unpaired) electrons. The molecule has 0 unspecified atom stereocenters. The second-order valence-corrected chi connectivity index (χ2v) is 6.02. The molecule has 2 heterocycles. The minimum absolute atomic E-state index is 0.00990. The fourth-order valence-electron chi connectivity index (χ4n) is 3.54. The molecule has 2 saturated heterocycles. The first kappa shape index (κ1) is 12.9. The third-order valence-corrected chi connectivity index (χ3v) is 4.66. The lowest BCUT2D eigenvalue weighted by Gasteiger charge is -2.40. The number of likely N-dealkylation sites (tertiary alicyclic amines) is 1. The van der Waals surface area contributed by atoms with Crippen molar-refractivity contribution < 1.29 is 9.59 Å². The van der Waals surface area contributed by atoms with Crippen LogP contribution < -0.4 is 10.6 Å². The summed E-state index contributed by atoms with van der Waals surface area (Å²) in [5.41, 5.74) is 0. The zero-order valence-electron chi connectivity index (χ0n) is 11.4. The molecule has 3 aliphatic rings. The van der Waals surface area contributed by atoms with Gasteiger partial charge in [0, 0.05) is 25.2 Å². The highest BCUT2D eigenvalue weighted by Gasteiger charge is 2.37. The molecule has 5 nitrogen and oxygen atoms in total. The number of carbonyl (C=O) groups is 2. The number of nitrogens with one attached hydrogen (secondary N) is 2. The van der Waals surface area contributed by atoms with Gasteiger partial charge in [-0.1, -0.05) is 12.8 Å². The van der Waals surface area contributed by atoms with Crippen LogP contribution in [0.4, 0.5) is 0 Å². The fraction of sp³-hybridized carbons (Fsp3) is 0.857. The molecule has 0 bridgehead atoms. The Labute approximate surface area is 114 Å². The van der Waals surface area contributed by atoms with Gasteiger partial charge in [-0.3, -0.25) is 9.59 Å². The SMILES string of the molecule is O=C1N[C@@H]2CCCC[C@@H]2N[C@H]1CC(=O)N1CCCC1. The normalized spacial score (nSPS) is 34.8. The van der Waals surface area contributed by atoms with Crippen LogP contribution in [-0.4, -0.2) is 47.9 Å². The van der Waals surface area contributed by atoms with E-state index in [2.05, 4.69) is 10.6 Å². The summed E-state index contributed by atoms with van der Waals surface area (Å²) in [6.45, 7) is 1.72. The predicted octanol–water partition coefficient (Wildman–Crippen LogP) is 0.398. The summed E-state index contributed by atoms with van der Waals surface area (Å²) in [7, 11) is 0. The third-order valence-electron chi connectivity index (χ3n) is 4.66. The topological polar surface area (TPSA) is 61.4 Å². The molecule has 2 aliphatic heterocycles. The van der Waals surface area contributed by atoms with Crippen molar-refractivity contribution in [3.8, 4) is 0 Å². The van der Waals surface area contributed by atoms with Gasteiger partial charge in [0.15, 0.2) is 0 Å². The smallest absolute Gasteiger partial charge is 0.237 e. The number of fused-ring (bicyclic) bond motifs is 1. The van der Waals surface area contributed by atoms with Crippen molar-refractivity contribution in [3.63, 3.8) is 0 Å². The van der Waals surface area contributed by atoms with E-state index in [1.54, 1.807) is 0 Å². The van der Waals surface area contributed by atoms with Gasteiger partial charge in [-0.25, -0.2) is 0 Å². The first-order valence-corrected chi connectivity index (χ1v) is 7.58. The lowest BCUT2D eigenvalue weighted by molar-refractivity contribution is -0.135. The van der Waals surface area contributed by atoms with Gasteiger partial charge in [0.2, 0.25) is 11.8 Å². The Morgan fingerprint density at radius 1 is 1.11 bits per heavy atom. The van der Waals surface area contributed by atoms with Gasteiger partial charge < -0.3 is 15.5 Å². The average Bonchev–Trinajstić information content (AvgIpc) is 2.93. The fourth-order valence-corrected chi connectivity index (χ4v) is 3.54. The van der Waals surface area contributed by atoms with Gasteiger partial charge in [-0.05, 0) is 25.7 Å². The van der Waals surface area contributed by atoms with Crippen LogP contribution in [0.25, 0.3) is 0 Å². The lowest BCUT2D eigenvalue weighted by Crippen LogP contribution is -2.65. The van der Waals surface area contributed by atoms with Gasteiger partial charge in [0.05, 0.1) is 12.5 Å². The number of amides is 2. The number of piperazine rings is 1. The number of carbonyl (C=O) groups excluding carboxylic acids is 2. The van der Waals surface area contributed by atoms with E-state index in [0.717, 1.165) is 38.8 Å². The summed E-state index contributed by atoms with van der Waals surface area (Å²) >= 11 is 0. The molecule has 5 heteroatoms. The monoisotopic (exact) mass is 265 g/mol. The lowest BCUT2D eigenvalue weighted by atomic mass is 9.87. The molecule has 3 atom stereocenters. The molecular formula is C14H23N3O2. The minimum Gasteiger partial charge on any atom is -0.350 e. The van der Waals surface area contributed by atoms with Crippen molar-refractivity contribution in [1.82, 2.24) is 15.5 Å². The molecule has 1 aliphatic carbocycles. The Morgan fingerprint density at radius 3 is 2.53 bits per heavy atom.